The normalized spacial score (nSPS) is 10.0. The van der Waals surface area contributed by atoms with Gasteiger partial charge in [0, 0.05) is 28.9 Å². The van der Waals surface area contributed by atoms with E-state index in [2.05, 4.69) is 10.6 Å². The van der Waals surface area contributed by atoms with Gasteiger partial charge in [-0.05, 0) is 30.4 Å². The number of anilines is 2. The molecule has 0 bridgehead atoms. The van der Waals surface area contributed by atoms with E-state index < -0.39 is 0 Å². The highest BCUT2D eigenvalue weighted by Gasteiger charge is 2.06. The van der Waals surface area contributed by atoms with Crippen LogP contribution >= 0.6 is 35.4 Å². The van der Waals surface area contributed by atoms with Crippen LogP contribution in [0, 0.1) is 0 Å². The number of halogens is 2. The molecule has 0 amide bonds. The second-order valence-corrected chi connectivity index (χ2v) is 5.56. The third-order valence-electron chi connectivity index (χ3n) is 2.79. The maximum absolute atomic E-state index is 6.09. The number of benzene rings is 2. The van der Waals surface area contributed by atoms with E-state index in [-0.39, 0.29) is 0 Å². The van der Waals surface area contributed by atoms with Crippen LogP contribution in [0.4, 0.5) is 11.4 Å². The lowest BCUT2D eigenvalue weighted by Gasteiger charge is -2.14. The Bertz CT molecular complexity index is 673. The van der Waals surface area contributed by atoms with Crippen molar-refractivity contribution < 1.29 is 9.47 Å². The predicted molar refractivity (Wildman–Crippen MR) is 95.9 cm³/mol. The van der Waals surface area contributed by atoms with Gasteiger partial charge >= 0.3 is 0 Å². The second-order valence-electron chi connectivity index (χ2n) is 4.30. The molecule has 2 aromatic rings. The summed E-state index contributed by atoms with van der Waals surface area (Å²) in [5.74, 6) is 1.32. The van der Waals surface area contributed by atoms with Gasteiger partial charge in [-0.2, -0.15) is 0 Å². The fraction of sp³-hybridized carbons (Fsp3) is 0.133. The Morgan fingerprint density at radius 3 is 2.18 bits per heavy atom. The van der Waals surface area contributed by atoms with Crippen LogP contribution in [0.3, 0.4) is 0 Å². The molecule has 0 saturated heterocycles. The Morgan fingerprint density at radius 1 is 0.955 bits per heavy atom. The number of methoxy groups -OCH3 is 2. The zero-order valence-corrected chi connectivity index (χ0v) is 14.3. The SMILES string of the molecule is COc1cc(NC(=S)Nc2cc(Cl)ccc2Cl)cc(OC)c1. The number of hydrogen-bond donors (Lipinski definition) is 2. The lowest BCUT2D eigenvalue weighted by molar-refractivity contribution is 0.395. The Hall–Kier alpha value is -1.69. The molecule has 0 saturated carbocycles. The van der Waals surface area contributed by atoms with Crippen molar-refractivity contribution in [3.05, 3.63) is 46.4 Å². The molecule has 0 aliphatic heterocycles. The minimum absolute atomic E-state index is 0.375. The lowest BCUT2D eigenvalue weighted by atomic mass is 10.3. The van der Waals surface area contributed by atoms with E-state index in [1.165, 1.54) is 0 Å². The summed E-state index contributed by atoms with van der Waals surface area (Å²) < 4.78 is 10.4. The Labute approximate surface area is 144 Å². The van der Waals surface area contributed by atoms with Crippen LogP contribution in [0.2, 0.25) is 10.0 Å². The summed E-state index contributed by atoms with van der Waals surface area (Å²) in [7, 11) is 3.17. The molecule has 2 rings (SSSR count). The van der Waals surface area contributed by atoms with Crippen LogP contribution in [0.5, 0.6) is 11.5 Å². The summed E-state index contributed by atoms with van der Waals surface area (Å²) in [6, 6.07) is 10.5. The van der Waals surface area contributed by atoms with Crippen LogP contribution < -0.4 is 20.1 Å². The van der Waals surface area contributed by atoms with Crippen LogP contribution in [0.1, 0.15) is 0 Å². The molecule has 0 aliphatic carbocycles. The van der Waals surface area contributed by atoms with E-state index in [9.17, 15) is 0 Å². The zero-order valence-electron chi connectivity index (χ0n) is 11.9. The first-order valence-corrected chi connectivity index (χ1v) is 7.44. The first-order chi connectivity index (χ1) is 10.5. The topological polar surface area (TPSA) is 42.5 Å². The van der Waals surface area contributed by atoms with Crippen molar-refractivity contribution in [2.45, 2.75) is 0 Å². The molecule has 7 heteroatoms. The number of hydrogen-bond acceptors (Lipinski definition) is 3. The van der Waals surface area contributed by atoms with Gasteiger partial charge in [0.2, 0.25) is 0 Å². The summed E-state index contributed by atoms with van der Waals surface area (Å²) >= 11 is 17.3. The van der Waals surface area contributed by atoms with Crippen molar-refractivity contribution in [1.29, 1.82) is 0 Å². The molecule has 22 heavy (non-hydrogen) atoms. The van der Waals surface area contributed by atoms with Gasteiger partial charge in [-0.3, -0.25) is 0 Å². The van der Waals surface area contributed by atoms with Crippen LogP contribution in [0.25, 0.3) is 0 Å². The monoisotopic (exact) mass is 356 g/mol. The smallest absolute Gasteiger partial charge is 0.175 e. The standard InChI is InChI=1S/C15H14Cl2N2O2S/c1-20-11-6-10(7-12(8-11)21-2)18-15(22)19-14-5-9(16)3-4-13(14)17/h3-8H,1-2H3,(H2,18,19,22). The van der Waals surface area contributed by atoms with E-state index in [1.807, 2.05) is 0 Å². The maximum Gasteiger partial charge on any atom is 0.175 e. The number of nitrogens with one attached hydrogen (secondary N) is 2. The van der Waals surface area contributed by atoms with Crippen molar-refractivity contribution in [2.75, 3.05) is 24.9 Å². The molecular weight excluding hydrogens is 343 g/mol. The van der Waals surface area contributed by atoms with Crippen molar-refractivity contribution in [2.24, 2.45) is 0 Å². The van der Waals surface area contributed by atoms with Crippen molar-refractivity contribution in [3.8, 4) is 11.5 Å². The molecule has 0 atom stereocenters. The highest BCUT2D eigenvalue weighted by molar-refractivity contribution is 7.80. The minimum Gasteiger partial charge on any atom is -0.497 e. The van der Waals surface area contributed by atoms with Gasteiger partial charge in [0.1, 0.15) is 11.5 Å². The number of thiocarbonyl (C=S) groups is 1. The van der Waals surface area contributed by atoms with Gasteiger partial charge in [0.15, 0.2) is 5.11 Å². The van der Waals surface area contributed by atoms with E-state index >= 15 is 0 Å². The lowest BCUT2D eigenvalue weighted by Crippen LogP contribution is -2.19. The van der Waals surface area contributed by atoms with E-state index in [1.54, 1.807) is 50.6 Å². The zero-order chi connectivity index (χ0) is 16.1. The second kappa shape index (κ2) is 7.54. The highest BCUT2D eigenvalue weighted by atomic mass is 35.5. The average molecular weight is 357 g/mol. The molecule has 116 valence electrons. The molecule has 2 aromatic carbocycles. The van der Waals surface area contributed by atoms with Crippen molar-refractivity contribution >= 4 is 51.9 Å². The van der Waals surface area contributed by atoms with E-state index in [0.29, 0.717) is 32.3 Å². The van der Waals surface area contributed by atoms with Crippen molar-refractivity contribution in [3.63, 3.8) is 0 Å². The van der Waals surface area contributed by atoms with Gasteiger partial charge in [-0.1, -0.05) is 23.2 Å². The quantitative estimate of drug-likeness (QED) is 0.768. The Balaban J connectivity index is 2.13. The largest absolute Gasteiger partial charge is 0.497 e. The van der Waals surface area contributed by atoms with Gasteiger partial charge in [-0.15, -0.1) is 0 Å². The summed E-state index contributed by atoms with van der Waals surface area (Å²) in [5, 5.41) is 7.51. The molecule has 0 spiro atoms. The predicted octanol–water partition coefficient (Wildman–Crippen LogP) is 4.82. The number of ether oxygens (including phenoxy) is 2. The van der Waals surface area contributed by atoms with Gasteiger partial charge < -0.3 is 20.1 Å². The summed E-state index contributed by atoms with van der Waals surface area (Å²) in [6.45, 7) is 0. The van der Waals surface area contributed by atoms with Crippen LogP contribution in [-0.4, -0.2) is 19.3 Å². The molecule has 0 radical (unpaired) electrons. The maximum atomic E-state index is 6.09. The fourth-order valence-electron chi connectivity index (χ4n) is 1.76. The highest BCUT2D eigenvalue weighted by Crippen LogP contribution is 2.27. The van der Waals surface area contributed by atoms with Crippen LogP contribution in [0.15, 0.2) is 36.4 Å². The molecule has 0 heterocycles. The Morgan fingerprint density at radius 2 is 1.59 bits per heavy atom. The summed E-state index contributed by atoms with van der Waals surface area (Å²) in [4.78, 5) is 0. The minimum atomic E-state index is 0.375. The Kier molecular flexibility index (Phi) is 5.71. The third-order valence-corrected chi connectivity index (χ3v) is 3.55. The summed E-state index contributed by atoms with van der Waals surface area (Å²) in [6.07, 6.45) is 0. The van der Waals surface area contributed by atoms with Crippen LogP contribution in [-0.2, 0) is 0 Å². The van der Waals surface area contributed by atoms with Gasteiger partial charge in [0.05, 0.1) is 24.9 Å². The molecule has 0 aliphatic rings. The van der Waals surface area contributed by atoms with E-state index in [4.69, 9.17) is 44.9 Å². The van der Waals surface area contributed by atoms with E-state index in [0.717, 1.165) is 5.69 Å². The van der Waals surface area contributed by atoms with Gasteiger partial charge in [0.25, 0.3) is 0 Å². The first kappa shape index (κ1) is 16.7. The molecular formula is C15H14Cl2N2O2S. The fourth-order valence-corrected chi connectivity index (χ4v) is 2.32. The molecule has 4 nitrogen and oxygen atoms in total. The first-order valence-electron chi connectivity index (χ1n) is 6.28. The summed E-state index contributed by atoms with van der Waals surface area (Å²) in [5.41, 5.74) is 1.35. The molecule has 0 aromatic heterocycles. The average Bonchev–Trinajstić information content (AvgIpc) is 2.50. The molecule has 2 N–H and O–H groups in total. The van der Waals surface area contributed by atoms with Crippen molar-refractivity contribution in [1.82, 2.24) is 0 Å². The molecule has 0 fully saturated rings. The van der Waals surface area contributed by atoms with Gasteiger partial charge in [-0.25, -0.2) is 0 Å². The third kappa shape index (κ3) is 4.40. The molecule has 0 unspecified atom stereocenters. The number of rotatable bonds is 4.